The van der Waals surface area contributed by atoms with Crippen molar-refractivity contribution in [1.29, 1.82) is 0 Å². The topological polar surface area (TPSA) is 38.9 Å². The van der Waals surface area contributed by atoms with E-state index in [0.29, 0.717) is 5.82 Å². The van der Waals surface area contributed by atoms with Gasteiger partial charge in [-0.1, -0.05) is 19.0 Å². The van der Waals surface area contributed by atoms with E-state index in [1.165, 1.54) is 0 Å². The van der Waals surface area contributed by atoms with Crippen LogP contribution in [-0.4, -0.2) is 10.1 Å². The second kappa shape index (κ2) is 2.77. The molecule has 10 heavy (non-hydrogen) atoms. The van der Waals surface area contributed by atoms with Crippen LogP contribution < -0.4 is 0 Å². The van der Waals surface area contributed by atoms with Crippen LogP contribution in [0.1, 0.15) is 31.5 Å². The quantitative estimate of drug-likeness (QED) is 0.633. The molecule has 0 saturated heterocycles. The van der Waals surface area contributed by atoms with E-state index in [9.17, 15) is 4.39 Å². The van der Waals surface area contributed by atoms with Gasteiger partial charge in [-0.25, -0.2) is 4.39 Å². The van der Waals surface area contributed by atoms with Crippen molar-refractivity contribution in [2.24, 2.45) is 0 Å². The molecule has 3 nitrogen and oxygen atoms in total. The van der Waals surface area contributed by atoms with Gasteiger partial charge in [-0.3, -0.25) is 0 Å². The lowest BCUT2D eigenvalue weighted by Crippen LogP contribution is -1.89. The lowest BCUT2D eigenvalue weighted by atomic mass is 10.2. The number of alkyl halides is 1. The molecule has 0 amide bonds. The molecule has 0 atom stereocenters. The van der Waals surface area contributed by atoms with Crippen LogP contribution in [-0.2, 0) is 6.67 Å². The summed E-state index contributed by atoms with van der Waals surface area (Å²) in [7, 11) is 0. The molecule has 4 heteroatoms. The Morgan fingerprint density at radius 2 is 2.30 bits per heavy atom. The maximum absolute atomic E-state index is 11.8. The Balaban J connectivity index is 2.78. The molecular formula is C6H9FN2O. The van der Waals surface area contributed by atoms with Gasteiger partial charge in [0.2, 0.25) is 0 Å². The summed E-state index contributed by atoms with van der Waals surface area (Å²) in [4.78, 5) is 3.78. The van der Waals surface area contributed by atoms with Gasteiger partial charge in [-0.2, -0.15) is 4.98 Å². The summed E-state index contributed by atoms with van der Waals surface area (Å²) in [6.45, 7) is 3.17. The highest BCUT2D eigenvalue weighted by Crippen LogP contribution is 2.09. The number of nitrogens with zero attached hydrogens (tertiary/aromatic N) is 2. The lowest BCUT2D eigenvalue weighted by molar-refractivity contribution is 0.320. The van der Waals surface area contributed by atoms with E-state index in [-0.39, 0.29) is 11.8 Å². The van der Waals surface area contributed by atoms with Crippen molar-refractivity contribution in [3.05, 3.63) is 11.7 Å². The summed E-state index contributed by atoms with van der Waals surface area (Å²) < 4.78 is 16.3. The van der Waals surface area contributed by atoms with Crippen molar-refractivity contribution in [3.63, 3.8) is 0 Å². The Morgan fingerprint density at radius 1 is 1.60 bits per heavy atom. The van der Waals surface area contributed by atoms with Gasteiger partial charge >= 0.3 is 0 Å². The van der Waals surface area contributed by atoms with Crippen molar-refractivity contribution in [1.82, 2.24) is 10.1 Å². The van der Waals surface area contributed by atoms with E-state index in [1.54, 1.807) is 0 Å². The molecule has 0 bridgehead atoms. The first kappa shape index (κ1) is 7.18. The van der Waals surface area contributed by atoms with Gasteiger partial charge in [-0.15, -0.1) is 0 Å². The van der Waals surface area contributed by atoms with E-state index in [1.807, 2.05) is 13.8 Å². The first-order valence-corrected chi connectivity index (χ1v) is 3.12. The van der Waals surface area contributed by atoms with E-state index in [4.69, 9.17) is 0 Å². The van der Waals surface area contributed by atoms with Crippen LogP contribution in [0, 0.1) is 0 Å². The summed E-state index contributed by atoms with van der Waals surface area (Å²) in [6, 6.07) is 0. The third kappa shape index (κ3) is 1.32. The van der Waals surface area contributed by atoms with Crippen LogP contribution >= 0.6 is 0 Å². The third-order valence-corrected chi connectivity index (χ3v) is 1.11. The SMILES string of the molecule is CC(C)c1noc(CF)n1. The first-order valence-electron chi connectivity index (χ1n) is 3.12. The Kier molecular flexibility index (Phi) is 1.99. The molecule has 1 aromatic heterocycles. The van der Waals surface area contributed by atoms with Gasteiger partial charge in [0, 0.05) is 5.92 Å². The number of hydrogen-bond donors (Lipinski definition) is 0. The fourth-order valence-electron chi connectivity index (χ4n) is 0.557. The second-order valence-corrected chi connectivity index (χ2v) is 2.33. The predicted octanol–water partition coefficient (Wildman–Crippen LogP) is 1.66. The normalized spacial score (nSPS) is 10.8. The number of hydrogen-bond acceptors (Lipinski definition) is 3. The average molecular weight is 144 g/mol. The molecule has 0 fully saturated rings. The minimum absolute atomic E-state index is 0.0590. The summed E-state index contributed by atoms with van der Waals surface area (Å²) in [6.07, 6.45) is 0. The Morgan fingerprint density at radius 3 is 2.60 bits per heavy atom. The predicted molar refractivity (Wildman–Crippen MR) is 33.2 cm³/mol. The molecule has 0 N–H and O–H groups in total. The smallest absolute Gasteiger partial charge is 0.258 e. The minimum Gasteiger partial charge on any atom is -0.336 e. The maximum Gasteiger partial charge on any atom is 0.258 e. The Bertz CT molecular complexity index is 209. The van der Waals surface area contributed by atoms with Crippen LogP contribution in [0.5, 0.6) is 0 Å². The summed E-state index contributed by atoms with van der Waals surface area (Å²) >= 11 is 0. The summed E-state index contributed by atoms with van der Waals surface area (Å²) in [5.74, 6) is 0.820. The monoisotopic (exact) mass is 144 g/mol. The highest BCUT2D eigenvalue weighted by molar-refractivity contribution is 4.90. The van der Waals surface area contributed by atoms with Gasteiger partial charge < -0.3 is 4.52 Å². The fraction of sp³-hybridized carbons (Fsp3) is 0.667. The summed E-state index contributed by atoms with van der Waals surface area (Å²) in [5.41, 5.74) is 0. The number of rotatable bonds is 2. The molecule has 1 rings (SSSR count). The molecular weight excluding hydrogens is 135 g/mol. The minimum atomic E-state index is -0.681. The zero-order valence-corrected chi connectivity index (χ0v) is 5.97. The molecule has 0 spiro atoms. The van der Waals surface area contributed by atoms with Gasteiger partial charge in [0.25, 0.3) is 5.89 Å². The van der Waals surface area contributed by atoms with E-state index in [2.05, 4.69) is 14.7 Å². The van der Waals surface area contributed by atoms with Crippen LogP contribution in [0.15, 0.2) is 4.52 Å². The highest BCUT2D eigenvalue weighted by Gasteiger charge is 2.07. The van der Waals surface area contributed by atoms with E-state index < -0.39 is 6.67 Å². The molecule has 0 aromatic carbocycles. The zero-order valence-electron chi connectivity index (χ0n) is 5.97. The van der Waals surface area contributed by atoms with E-state index >= 15 is 0 Å². The molecule has 1 aromatic rings. The van der Waals surface area contributed by atoms with Gasteiger partial charge in [0.05, 0.1) is 0 Å². The van der Waals surface area contributed by atoms with Crippen molar-refractivity contribution >= 4 is 0 Å². The molecule has 56 valence electrons. The zero-order chi connectivity index (χ0) is 7.56. The fourth-order valence-corrected chi connectivity index (χ4v) is 0.557. The lowest BCUT2D eigenvalue weighted by Gasteiger charge is -1.91. The molecule has 1 heterocycles. The second-order valence-electron chi connectivity index (χ2n) is 2.33. The first-order chi connectivity index (χ1) is 4.74. The molecule has 0 aliphatic heterocycles. The largest absolute Gasteiger partial charge is 0.336 e. The van der Waals surface area contributed by atoms with Gasteiger partial charge in [-0.05, 0) is 0 Å². The van der Waals surface area contributed by atoms with Crippen LogP contribution in [0.2, 0.25) is 0 Å². The Labute approximate surface area is 58.2 Å². The average Bonchev–Trinajstić information content (AvgIpc) is 2.34. The standard InChI is InChI=1S/C6H9FN2O/c1-4(2)6-8-5(3-7)10-9-6/h4H,3H2,1-2H3. The van der Waals surface area contributed by atoms with E-state index in [0.717, 1.165) is 0 Å². The van der Waals surface area contributed by atoms with Crippen LogP contribution in [0.4, 0.5) is 4.39 Å². The maximum atomic E-state index is 11.8. The van der Waals surface area contributed by atoms with Gasteiger partial charge in [0.1, 0.15) is 0 Å². The van der Waals surface area contributed by atoms with Crippen molar-refractivity contribution in [2.75, 3.05) is 0 Å². The molecule has 0 aliphatic carbocycles. The third-order valence-electron chi connectivity index (χ3n) is 1.11. The van der Waals surface area contributed by atoms with Crippen molar-refractivity contribution < 1.29 is 8.91 Å². The van der Waals surface area contributed by atoms with Crippen molar-refractivity contribution in [2.45, 2.75) is 26.4 Å². The number of aromatic nitrogens is 2. The number of halogens is 1. The molecule has 0 radical (unpaired) electrons. The van der Waals surface area contributed by atoms with Crippen LogP contribution in [0.3, 0.4) is 0 Å². The molecule has 0 saturated carbocycles. The van der Waals surface area contributed by atoms with Crippen molar-refractivity contribution in [3.8, 4) is 0 Å². The molecule has 0 unspecified atom stereocenters. The highest BCUT2D eigenvalue weighted by atomic mass is 19.1. The Hall–Kier alpha value is -0.930. The molecule has 0 aliphatic rings. The summed E-state index contributed by atoms with van der Waals surface area (Å²) in [5, 5.41) is 3.56. The van der Waals surface area contributed by atoms with Gasteiger partial charge in [0.15, 0.2) is 12.5 Å². The van der Waals surface area contributed by atoms with Crippen LogP contribution in [0.25, 0.3) is 0 Å².